The van der Waals surface area contributed by atoms with Gasteiger partial charge < -0.3 is 5.32 Å². The third-order valence-electron chi connectivity index (χ3n) is 3.67. The van der Waals surface area contributed by atoms with E-state index >= 15 is 0 Å². The topological polar surface area (TPSA) is 54.4 Å². The van der Waals surface area contributed by atoms with Gasteiger partial charge in [-0.25, -0.2) is 0 Å². The molecule has 0 saturated carbocycles. The summed E-state index contributed by atoms with van der Waals surface area (Å²) in [4.78, 5) is 21.0. The van der Waals surface area contributed by atoms with E-state index in [1.165, 1.54) is 5.56 Å². The summed E-state index contributed by atoms with van der Waals surface area (Å²) in [6.07, 6.45) is 4.29. The second-order valence-electron chi connectivity index (χ2n) is 5.09. The van der Waals surface area contributed by atoms with Crippen LogP contribution in [0, 0.1) is 0 Å². The molecule has 1 atom stereocenters. The molecule has 0 saturated heterocycles. The van der Waals surface area contributed by atoms with E-state index in [-0.39, 0.29) is 11.8 Å². The second kappa shape index (κ2) is 5.87. The zero-order valence-corrected chi connectivity index (χ0v) is 11.9. The Morgan fingerprint density at radius 3 is 3.00 bits per heavy atom. The molecule has 0 bridgehead atoms. The third kappa shape index (κ3) is 2.84. The lowest BCUT2D eigenvalue weighted by molar-refractivity contribution is -0.117. The standard InChI is InChI=1S/C17H17N3O/c1-2-15(16-5-3-4-8-19-16)17(21)20-14-7-6-12-10-18-11-13(12)9-14/h3-9,11,15H,2,10H2,1H3,(H,20,21). The third-order valence-corrected chi connectivity index (χ3v) is 3.67. The van der Waals surface area contributed by atoms with Crippen LogP contribution in [0.5, 0.6) is 0 Å². The molecule has 3 rings (SSSR count). The molecular weight excluding hydrogens is 262 g/mol. The largest absolute Gasteiger partial charge is 0.325 e. The van der Waals surface area contributed by atoms with Crippen LogP contribution in [0.25, 0.3) is 0 Å². The van der Waals surface area contributed by atoms with E-state index in [4.69, 9.17) is 0 Å². The number of carbonyl (C=O) groups excluding carboxylic acids is 1. The Bertz CT molecular complexity index is 680. The van der Waals surface area contributed by atoms with Crippen molar-refractivity contribution in [2.24, 2.45) is 4.99 Å². The number of aromatic nitrogens is 1. The molecule has 106 valence electrons. The van der Waals surface area contributed by atoms with Gasteiger partial charge in [-0.3, -0.25) is 14.8 Å². The zero-order valence-electron chi connectivity index (χ0n) is 11.9. The highest BCUT2D eigenvalue weighted by Gasteiger charge is 2.20. The second-order valence-corrected chi connectivity index (χ2v) is 5.09. The van der Waals surface area contributed by atoms with Crippen LogP contribution in [0.4, 0.5) is 5.69 Å². The fourth-order valence-electron chi connectivity index (χ4n) is 2.52. The van der Waals surface area contributed by atoms with Crippen molar-refractivity contribution in [3.63, 3.8) is 0 Å². The molecule has 21 heavy (non-hydrogen) atoms. The van der Waals surface area contributed by atoms with Gasteiger partial charge in [-0.05, 0) is 41.8 Å². The maximum atomic E-state index is 12.5. The molecule has 1 aliphatic rings. The van der Waals surface area contributed by atoms with Gasteiger partial charge in [0.2, 0.25) is 5.91 Å². The highest BCUT2D eigenvalue weighted by molar-refractivity contribution is 5.96. The Hall–Kier alpha value is -2.49. The fourth-order valence-corrected chi connectivity index (χ4v) is 2.52. The minimum Gasteiger partial charge on any atom is -0.325 e. The van der Waals surface area contributed by atoms with Crippen LogP contribution < -0.4 is 5.32 Å². The quantitative estimate of drug-likeness (QED) is 0.934. The zero-order chi connectivity index (χ0) is 14.7. The van der Waals surface area contributed by atoms with Crippen LogP contribution in [0.3, 0.4) is 0 Å². The van der Waals surface area contributed by atoms with Gasteiger partial charge in [0.15, 0.2) is 0 Å². The van der Waals surface area contributed by atoms with Gasteiger partial charge in [0.25, 0.3) is 0 Å². The minimum absolute atomic E-state index is 0.0221. The first-order valence-corrected chi connectivity index (χ1v) is 7.12. The van der Waals surface area contributed by atoms with Crippen LogP contribution in [0.2, 0.25) is 0 Å². The van der Waals surface area contributed by atoms with E-state index in [0.29, 0.717) is 0 Å². The molecule has 0 spiro atoms. The smallest absolute Gasteiger partial charge is 0.233 e. The molecule has 1 aliphatic heterocycles. The van der Waals surface area contributed by atoms with Crippen molar-refractivity contribution < 1.29 is 4.79 Å². The molecule has 4 nitrogen and oxygen atoms in total. The number of fused-ring (bicyclic) bond motifs is 1. The summed E-state index contributed by atoms with van der Waals surface area (Å²) in [6, 6.07) is 11.6. The van der Waals surface area contributed by atoms with Crippen molar-refractivity contribution in [2.75, 3.05) is 5.32 Å². The minimum atomic E-state index is -0.229. The number of aliphatic imine (C=N–C) groups is 1. The molecule has 1 unspecified atom stereocenters. The fraction of sp³-hybridized carbons (Fsp3) is 0.235. The molecule has 2 heterocycles. The Kier molecular flexibility index (Phi) is 3.77. The van der Waals surface area contributed by atoms with Gasteiger partial charge in [0.05, 0.1) is 18.2 Å². The Morgan fingerprint density at radius 2 is 2.24 bits per heavy atom. The van der Waals surface area contributed by atoms with E-state index in [0.717, 1.165) is 29.9 Å². The number of nitrogens with one attached hydrogen (secondary N) is 1. The molecule has 1 amide bonds. The lowest BCUT2D eigenvalue weighted by Crippen LogP contribution is -2.21. The number of hydrogen-bond donors (Lipinski definition) is 1. The summed E-state index contributed by atoms with van der Waals surface area (Å²) in [5, 5.41) is 2.98. The average Bonchev–Trinajstić information content (AvgIpc) is 2.96. The SMILES string of the molecule is CCC(C(=O)Nc1ccc2c(c1)C=NC2)c1ccccn1. The van der Waals surface area contributed by atoms with E-state index in [2.05, 4.69) is 15.3 Å². The number of carbonyl (C=O) groups is 1. The molecule has 1 N–H and O–H groups in total. The van der Waals surface area contributed by atoms with Crippen LogP contribution in [-0.4, -0.2) is 17.1 Å². The van der Waals surface area contributed by atoms with Crippen LogP contribution in [-0.2, 0) is 11.3 Å². The number of nitrogens with zero attached hydrogens (tertiary/aromatic N) is 2. The van der Waals surface area contributed by atoms with Gasteiger partial charge in [-0.15, -0.1) is 0 Å². The van der Waals surface area contributed by atoms with E-state index in [9.17, 15) is 4.79 Å². The average molecular weight is 279 g/mol. The summed E-state index contributed by atoms with van der Waals surface area (Å²) in [5.74, 6) is -0.251. The highest BCUT2D eigenvalue weighted by Crippen LogP contribution is 2.22. The van der Waals surface area contributed by atoms with Gasteiger partial charge >= 0.3 is 0 Å². The molecule has 1 aromatic carbocycles. The van der Waals surface area contributed by atoms with Crippen molar-refractivity contribution >= 4 is 17.8 Å². The van der Waals surface area contributed by atoms with Crippen molar-refractivity contribution in [3.05, 3.63) is 59.4 Å². The van der Waals surface area contributed by atoms with E-state index in [1.807, 2.05) is 49.5 Å². The summed E-state index contributed by atoms with van der Waals surface area (Å²) >= 11 is 0. The Labute approximate surface area is 123 Å². The molecule has 0 aliphatic carbocycles. The number of hydrogen-bond acceptors (Lipinski definition) is 3. The van der Waals surface area contributed by atoms with Crippen molar-refractivity contribution in [2.45, 2.75) is 25.8 Å². The van der Waals surface area contributed by atoms with E-state index in [1.54, 1.807) is 6.20 Å². The number of amides is 1. The number of rotatable bonds is 4. The highest BCUT2D eigenvalue weighted by atomic mass is 16.1. The summed E-state index contributed by atoms with van der Waals surface area (Å²) < 4.78 is 0. The molecule has 0 radical (unpaired) electrons. The maximum absolute atomic E-state index is 12.5. The number of pyridine rings is 1. The molecular formula is C17H17N3O. The lowest BCUT2D eigenvalue weighted by atomic mass is 10.0. The molecule has 2 aromatic rings. The first kappa shape index (κ1) is 13.5. The van der Waals surface area contributed by atoms with E-state index < -0.39 is 0 Å². The number of benzene rings is 1. The van der Waals surface area contributed by atoms with Gasteiger partial charge in [-0.2, -0.15) is 0 Å². The molecule has 1 aromatic heterocycles. The summed E-state index contributed by atoms with van der Waals surface area (Å²) in [5.41, 5.74) is 3.89. The predicted molar refractivity (Wildman–Crippen MR) is 83.6 cm³/mol. The number of anilines is 1. The van der Waals surface area contributed by atoms with Crippen molar-refractivity contribution in [3.8, 4) is 0 Å². The predicted octanol–water partition coefficient (Wildman–Crippen LogP) is 3.15. The molecule has 0 fully saturated rings. The van der Waals surface area contributed by atoms with Gasteiger partial charge in [-0.1, -0.05) is 19.1 Å². The van der Waals surface area contributed by atoms with Gasteiger partial charge in [0.1, 0.15) is 0 Å². The Morgan fingerprint density at radius 1 is 1.33 bits per heavy atom. The first-order chi connectivity index (χ1) is 10.3. The normalized spacial score (nSPS) is 13.8. The first-order valence-electron chi connectivity index (χ1n) is 7.12. The van der Waals surface area contributed by atoms with Gasteiger partial charge in [0, 0.05) is 18.1 Å². The molecule has 4 heteroatoms. The van der Waals surface area contributed by atoms with Crippen LogP contribution >= 0.6 is 0 Å². The van der Waals surface area contributed by atoms with Crippen molar-refractivity contribution in [1.82, 2.24) is 4.98 Å². The Balaban J connectivity index is 1.77. The van der Waals surface area contributed by atoms with Crippen LogP contribution in [0.1, 0.15) is 36.1 Å². The van der Waals surface area contributed by atoms with Crippen molar-refractivity contribution in [1.29, 1.82) is 0 Å². The van der Waals surface area contributed by atoms with Crippen LogP contribution in [0.15, 0.2) is 47.6 Å². The maximum Gasteiger partial charge on any atom is 0.233 e. The monoisotopic (exact) mass is 279 g/mol. The summed E-state index contributed by atoms with van der Waals surface area (Å²) in [6.45, 7) is 2.73. The summed E-state index contributed by atoms with van der Waals surface area (Å²) in [7, 11) is 0. The lowest BCUT2D eigenvalue weighted by Gasteiger charge is -2.15.